The number of methoxy groups -OCH3 is 1. The first-order valence-corrected chi connectivity index (χ1v) is 9.68. The fourth-order valence-corrected chi connectivity index (χ4v) is 4.33. The number of rotatable bonds is 5. The van der Waals surface area contributed by atoms with Gasteiger partial charge in [0.2, 0.25) is 10.0 Å². The van der Waals surface area contributed by atoms with Gasteiger partial charge in [0.15, 0.2) is 0 Å². The van der Waals surface area contributed by atoms with E-state index in [0.29, 0.717) is 29.3 Å². The highest BCUT2D eigenvalue weighted by atomic mass is 35.5. The fourth-order valence-electron chi connectivity index (χ4n) is 2.68. The summed E-state index contributed by atoms with van der Waals surface area (Å²) in [6.45, 7) is 0.564. The molecule has 0 amide bonds. The zero-order valence-electron chi connectivity index (χ0n) is 14.0. The Bertz CT molecular complexity index is 902. The molecule has 0 bridgehead atoms. The van der Waals surface area contributed by atoms with Crippen LogP contribution in [0.2, 0.25) is 5.02 Å². The van der Waals surface area contributed by atoms with E-state index in [1.54, 1.807) is 12.3 Å². The predicted molar refractivity (Wildman–Crippen MR) is 94.8 cm³/mol. The van der Waals surface area contributed by atoms with Gasteiger partial charge in [0, 0.05) is 25.0 Å². The second kappa shape index (κ2) is 7.61. The van der Waals surface area contributed by atoms with E-state index in [1.807, 2.05) is 0 Å². The van der Waals surface area contributed by atoms with E-state index in [0.717, 1.165) is 0 Å². The van der Waals surface area contributed by atoms with Crippen molar-refractivity contribution in [2.24, 2.45) is 0 Å². The summed E-state index contributed by atoms with van der Waals surface area (Å²) in [5.41, 5.74) is 0.293. The lowest BCUT2D eigenvalue weighted by Crippen LogP contribution is -2.31. The Labute approximate surface area is 156 Å². The summed E-state index contributed by atoms with van der Waals surface area (Å²) in [7, 11) is -2.40. The first-order valence-electron chi connectivity index (χ1n) is 7.86. The van der Waals surface area contributed by atoms with Crippen LogP contribution in [0.3, 0.4) is 0 Å². The monoisotopic (exact) mass is 396 g/mol. The van der Waals surface area contributed by atoms with Crippen LogP contribution in [0.15, 0.2) is 47.6 Å². The molecule has 138 valence electrons. The highest BCUT2D eigenvalue weighted by molar-refractivity contribution is 7.89. The van der Waals surface area contributed by atoms with Crippen LogP contribution in [-0.4, -0.2) is 50.0 Å². The van der Waals surface area contributed by atoms with Crippen LogP contribution >= 0.6 is 11.6 Å². The minimum absolute atomic E-state index is 0.118. The van der Waals surface area contributed by atoms with Crippen molar-refractivity contribution in [3.63, 3.8) is 0 Å². The lowest BCUT2D eigenvalue weighted by molar-refractivity contribution is 0.0600. The third kappa shape index (κ3) is 3.82. The molecular weight excluding hydrogens is 380 g/mol. The summed E-state index contributed by atoms with van der Waals surface area (Å²) in [4.78, 5) is 15.5. The largest absolute Gasteiger partial charge is 0.487 e. The van der Waals surface area contributed by atoms with Crippen LogP contribution in [-0.2, 0) is 14.8 Å². The van der Waals surface area contributed by atoms with Gasteiger partial charge in [-0.25, -0.2) is 13.2 Å². The number of aromatic nitrogens is 1. The molecule has 3 rings (SSSR count). The minimum atomic E-state index is -3.67. The minimum Gasteiger partial charge on any atom is -0.487 e. The molecule has 1 aliphatic heterocycles. The molecule has 1 aliphatic rings. The topological polar surface area (TPSA) is 85.8 Å². The maximum Gasteiger partial charge on any atom is 0.337 e. The van der Waals surface area contributed by atoms with E-state index in [-0.39, 0.29) is 17.5 Å². The third-order valence-electron chi connectivity index (χ3n) is 4.05. The molecule has 0 radical (unpaired) electrons. The number of carbonyl (C=O) groups is 1. The maximum atomic E-state index is 12.8. The van der Waals surface area contributed by atoms with E-state index in [4.69, 9.17) is 16.3 Å². The Morgan fingerprint density at radius 3 is 2.65 bits per heavy atom. The standard InChI is InChI=1S/C17H17ClN2O5S/c1-24-17(21)12-2-4-14(5-3-12)26(22,23)20-9-7-13(11-20)25-16-6-8-19-10-15(16)18/h2-6,8,10,13H,7,9,11H2,1H3/t13-/m0/s1. The highest BCUT2D eigenvalue weighted by Crippen LogP contribution is 2.28. The molecule has 1 aromatic heterocycles. The highest BCUT2D eigenvalue weighted by Gasteiger charge is 2.34. The van der Waals surface area contributed by atoms with Crippen LogP contribution in [0.5, 0.6) is 5.75 Å². The Hall–Kier alpha value is -2.16. The molecule has 1 atom stereocenters. The van der Waals surface area contributed by atoms with Gasteiger partial charge in [-0.2, -0.15) is 4.31 Å². The van der Waals surface area contributed by atoms with Crippen LogP contribution in [0.25, 0.3) is 0 Å². The van der Waals surface area contributed by atoms with E-state index in [9.17, 15) is 13.2 Å². The Kier molecular flexibility index (Phi) is 5.45. The summed E-state index contributed by atoms with van der Waals surface area (Å²) in [6.07, 6.45) is 3.30. The molecule has 1 fully saturated rings. The van der Waals surface area contributed by atoms with E-state index in [1.165, 1.54) is 41.9 Å². The van der Waals surface area contributed by atoms with Crippen molar-refractivity contribution in [2.45, 2.75) is 17.4 Å². The van der Waals surface area contributed by atoms with E-state index >= 15 is 0 Å². The average Bonchev–Trinajstić information content (AvgIpc) is 3.12. The van der Waals surface area contributed by atoms with Gasteiger partial charge >= 0.3 is 5.97 Å². The summed E-state index contributed by atoms with van der Waals surface area (Å²) in [6, 6.07) is 7.30. The molecule has 1 aromatic carbocycles. The molecule has 0 spiro atoms. The summed E-state index contributed by atoms with van der Waals surface area (Å²) in [5.74, 6) is -0.0360. The van der Waals surface area contributed by atoms with Gasteiger partial charge in [-0.05, 0) is 30.7 Å². The SMILES string of the molecule is COC(=O)c1ccc(S(=O)(=O)N2CC[C@H](Oc3ccncc3Cl)C2)cc1. The van der Waals surface area contributed by atoms with Crippen molar-refractivity contribution in [1.82, 2.24) is 9.29 Å². The van der Waals surface area contributed by atoms with Crippen molar-refractivity contribution < 1.29 is 22.7 Å². The maximum absolute atomic E-state index is 12.8. The number of pyridine rings is 1. The number of benzene rings is 1. The number of halogens is 1. The van der Waals surface area contributed by atoms with Crippen molar-refractivity contribution in [1.29, 1.82) is 0 Å². The van der Waals surface area contributed by atoms with Gasteiger partial charge in [0.1, 0.15) is 16.9 Å². The molecule has 26 heavy (non-hydrogen) atoms. The number of hydrogen-bond acceptors (Lipinski definition) is 6. The lowest BCUT2D eigenvalue weighted by Gasteiger charge is -2.18. The number of carbonyl (C=O) groups excluding carboxylic acids is 1. The average molecular weight is 397 g/mol. The van der Waals surface area contributed by atoms with Crippen LogP contribution in [0, 0.1) is 0 Å². The van der Waals surface area contributed by atoms with Crippen molar-refractivity contribution >= 4 is 27.6 Å². The molecule has 0 unspecified atom stereocenters. The normalized spacial score (nSPS) is 17.8. The van der Waals surface area contributed by atoms with Gasteiger partial charge < -0.3 is 9.47 Å². The first-order chi connectivity index (χ1) is 12.4. The van der Waals surface area contributed by atoms with Gasteiger partial charge in [-0.1, -0.05) is 11.6 Å². The van der Waals surface area contributed by atoms with Crippen LogP contribution in [0.1, 0.15) is 16.8 Å². The van der Waals surface area contributed by atoms with Crippen molar-refractivity contribution in [3.05, 3.63) is 53.3 Å². The summed E-state index contributed by atoms with van der Waals surface area (Å²) in [5, 5.41) is 0.382. The third-order valence-corrected chi connectivity index (χ3v) is 6.21. The quantitative estimate of drug-likeness (QED) is 0.721. The van der Waals surface area contributed by atoms with Crippen molar-refractivity contribution in [3.8, 4) is 5.75 Å². The second-order valence-corrected chi connectivity index (χ2v) is 8.06. The molecule has 2 heterocycles. The molecule has 0 N–H and O–H groups in total. The predicted octanol–water partition coefficient (Wildman–Crippen LogP) is 2.36. The first kappa shape index (κ1) is 18.6. The molecule has 0 saturated carbocycles. The number of esters is 1. The molecule has 0 aliphatic carbocycles. The Morgan fingerprint density at radius 2 is 2.00 bits per heavy atom. The van der Waals surface area contributed by atoms with Gasteiger partial charge in [-0.3, -0.25) is 4.98 Å². The molecule has 2 aromatic rings. The zero-order chi connectivity index (χ0) is 18.7. The molecule has 9 heteroatoms. The second-order valence-electron chi connectivity index (χ2n) is 5.71. The fraction of sp³-hybridized carbons (Fsp3) is 0.294. The van der Waals surface area contributed by atoms with Gasteiger partial charge in [0.05, 0.1) is 24.1 Å². The van der Waals surface area contributed by atoms with E-state index < -0.39 is 16.0 Å². The smallest absolute Gasteiger partial charge is 0.337 e. The van der Waals surface area contributed by atoms with Gasteiger partial charge in [0.25, 0.3) is 0 Å². The van der Waals surface area contributed by atoms with E-state index in [2.05, 4.69) is 9.72 Å². The molecule has 7 nitrogen and oxygen atoms in total. The van der Waals surface area contributed by atoms with Crippen LogP contribution in [0.4, 0.5) is 0 Å². The Morgan fingerprint density at radius 1 is 1.27 bits per heavy atom. The lowest BCUT2D eigenvalue weighted by atomic mass is 10.2. The number of sulfonamides is 1. The van der Waals surface area contributed by atoms with Crippen molar-refractivity contribution in [2.75, 3.05) is 20.2 Å². The zero-order valence-corrected chi connectivity index (χ0v) is 15.5. The van der Waals surface area contributed by atoms with Gasteiger partial charge in [-0.15, -0.1) is 0 Å². The number of hydrogen-bond donors (Lipinski definition) is 0. The number of nitrogens with zero attached hydrogens (tertiary/aromatic N) is 2. The molecule has 1 saturated heterocycles. The Balaban J connectivity index is 1.71. The van der Waals surface area contributed by atoms with Crippen LogP contribution < -0.4 is 4.74 Å². The summed E-state index contributed by atoms with van der Waals surface area (Å²) < 4.78 is 37.3. The molecular formula is C17H17ClN2O5S. The summed E-state index contributed by atoms with van der Waals surface area (Å²) >= 11 is 6.02. The number of ether oxygens (including phenoxy) is 2.